The number of amides is 1. The molecule has 0 aliphatic carbocycles. The predicted octanol–water partition coefficient (Wildman–Crippen LogP) is 3.53. The average Bonchev–Trinajstić information content (AvgIpc) is 3.13. The fourth-order valence-electron chi connectivity index (χ4n) is 3.22. The van der Waals surface area contributed by atoms with Gasteiger partial charge in [-0.1, -0.05) is 36.4 Å². The van der Waals surface area contributed by atoms with E-state index in [2.05, 4.69) is 39.6 Å². The SMILES string of the molecule is CC(N)C(NC(=O)c1ccc2nc[nH]c2c1)c1ccc2ccccc2c1. The Balaban J connectivity index is 1.64. The van der Waals surface area contributed by atoms with Crippen LogP contribution in [-0.2, 0) is 0 Å². The number of rotatable bonds is 4. The van der Waals surface area contributed by atoms with Crippen molar-refractivity contribution in [2.75, 3.05) is 0 Å². The van der Waals surface area contributed by atoms with Gasteiger partial charge in [0.05, 0.1) is 23.4 Å². The first-order chi connectivity index (χ1) is 12.6. The molecule has 5 heteroatoms. The third kappa shape index (κ3) is 3.05. The number of aromatic nitrogens is 2. The van der Waals surface area contributed by atoms with E-state index >= 15 is 0 Å². The van der Waals surface area contributed by atoms with Gasteiger partial charge in [-0.05, 0) is 47.5 Å². The van der Waals surface area contributed by atoms with E-state index in [1.807, 2.05) is 31.2 Å². The molecule has 4 N–H and O–H groups in total. The van der Waals surface area contributed by atoms with Crippen LogP contribution in [0.2, 0.25) is 0 Å². The number of fused-ring (bicyclic) bond motifs is 2. The molecule has 0 saturated heterocycles. The maximum absolute atomic E-state index is 12.8. The maximum Gasteiger partial charge on any atom is 0.251 e. The lowest BCUT2D eigenvalue weighted by Crippen LogP contribution is -2.39. The average molecular weight is 344 g/mol. The summed E-state index contributed by atoms with van der Waals surface area (Å²) in [5.41, 5.74) is 9.42. The third-order valence-corrected chi connectivity index (χ3v) is 4.63. The first kappa shape index (κ1) is 16.3. The summed E-state index contributed by atoms with van der Waals surface area (Å²) in [5, 5.41) is 5.36. The fourth-order valence-corrected chi connectivity index (χ4v) is 3.22. The lowest BCUT2D eigenvalue weighted by atomic mass is 9.97. The zero-order chi connectivity index (χ0) is 18.1. The number of aromatic amines is 1. The molecule has 0 aliphatic heterocycles. The molecule has 0 bridgehead atoms. The van der Waals surface area contributed by atoms with Gasteiger partial charge in [-0.2, -0.15) is 0 Å². The number of carbonyl (C=O) groups excluding carboxylic acids is 1. The van der Waals surface area contributed by atoms with E-state index in [1.54, 1.807) is 18.5 Å². The first-order valence-electron chi connectivity index (χ1n) is 8.60. The standard InChI is InChI=1S/C21H20N4O/c1-13(22)20(16-7-6-14-4-2-3-5-15(14)10-16)25-21(26)17-8-9-18-19(11-17)24-12-23-18/h2-13,20H,22H2,1H3,(H,23,24)(H,25,26). The van der Waals surface area contributed by atoms with E-state index < -0.39 is 0 Å². The van der Waals surface area contributed by atoms with E-state index in [9.17, 15) is 4.79 Å². The Morgan fingerprint density at radius 1 is 1.08 bits per heavy atom. The number of hydrogen-bond donors (Lipinski definition) is 3. The normalized spacial score (nSPS) is 13.6. The Morgan fingerprint density at radius 3 is 2.69 bits per heavy atom. The number of benzene rings is 3. The van der Waals surface area contributed by atoms with Gasteiger partial charge >= 0.3 is 0 Å². The van der Waals surface area contributed by atoms with Crippen LogP contribution >= 0.6 is 0 Å². The Morgan fingerprint density at radius 2 is 1.88 bits per heavy atom. The van der Waals surface area contributed by atoms with Crippen molar-refractivity contribution in [2.24, 2.45) is 5.73 Å². The molecule has 0 radical (unpaired) electrons. The zero-order valence-electron chi connectivity index (χ0n) is 14.4. The highest BCUT2D eigenvalue weighted by Gasteiger charge is 2.20. The van der Waals surface area contributed by atoms with Gasteiger partial charge in [-0.3, -0.25) is 4.79 Å². The number of H-pyrrole nitrogens is 1. The molecule has 1 heterocycles. The minimum atomic E-state index is -0.274. The van der Waals surface area contributed by atoms with Gasteiger partial charge in [-0.25, -0.2) is 4.98 Å². The Hall–Kier alpha value is -3.18. The first-order valence-corrected chi connectivity index (χ1v) is 8.60. The molecular formula is C21H20N4O. The van der Waals surface area contributed by atoms with Gasteiger partial charge in [0.2, 0.25) is 0 Å². The largest absolute Gasteiger partial charge is 0.345 e. The minimum absolute atomic E-state index is 0.156. The van der Waals surface area contributed by atoms with E-state index in [0.29, 0.717) is 5.56 Å². The summed E-state index contributed by atoms with van der Waals surface area (Å²) in [6, 6.07) is 19.2. The Labute approximate surface area is 151 Å². The second-order valence-corrected chi connectivity index (χ2v) is 6.55. The number of nitrogens with one attached hydrogen (secondary N) is 2. The molecule has 2 unspecified atom stereocenters. The summed E-state index contributed by atoms with van der Waals surface area (Å²) in [4.78, 5) is 20.0. The van der Waals surface area contributed by atoms with Crippen molar-refractivity contribution in [2.45, 2.75) is 19.0 Å². The summed E-state index contributed by atoms with van der Waals surface area (Å²) in [5.74, 6) is -0.156. The van der Waals surface area contributed by atoms with Gasteiger partial charge in [-0.15, -0.1) is 0 Å². The molecule has 26 heavy (non-hydrogen) atoms. The predicted molar refractivity (Wildman–Crippen MR) is 104 cm³/mol. The molecule has 0 aliphatic rings. The van der Waals surface area contributed by atoms with Crippen molar-refractivity contribution in [1.82, 2.24) is 15.3 Å². The third-order valence-electron chi connectivity index (χ3n) is 4.63. The lowest BCUT2D eigenvalue weighted by Gasteiger charge is -2.23. The van der Waals surface area contributed by atoms with Crippen molar-refractivity contribution in [3.05, 3.63) is 78.1 Å². The van der Waals surface area contributed by atoms with Crippen LogP contribution in [0.5, 0.6) is 0 Å². The molecule has 4 aromatic rings. The summed E-state index contributed by atoms with van der Waals surface area (Å²) < 4.78 is 0. The Kier molecular flexibility index (Phi) is 4.14. The second-order valence-electron chi connectivity index (χ2n) is 6.55. The van der Waals surface area contributed by atoms with E-state index in [0.717, 1.165) is 27.4 Å². The molecule has 130 valence electrons. The van der Waals surface area contributed by atoms with Crippen molar-refractivity contribution in [1.29, 1.82) is 0 Å². The molecule has 1 amide bonds. The van der Waals surface area contributed by atoms with Gasteiger partial charge in [0.15, 0.2) is 0 Å². The monoisotopic (exact) mass is 344 g/mol. The van der Waals surface area contributed by atoms with Crippen molar-refractivity contribution in [3.8, 4) is 0 Å². The van der Waals surface area contributed by atoms with Crippen LogP contribution in [0.25, 0.3) is 21.8 Å². The molecule has 1 aromatic heterocycles. The van der Waals surface area contributed by atoms with Crippen molar-refractivity contribution < 1.29 is 4.79 Å². The van der Waals surface area contributed by atoms with E-state index in [1.165, 1.54) is 0 Å². The van der Waals surface area contributed by atoms with Crippen molar-refractivity contribution in [3.63, 3.8) is 0 Å². The van der Waals surface area contributed by atoms with Crippen LogP contribution in [0.3, 0.4) is 0 Å². The number of imidazole rings is 1. The molecule has 0 saturated carbocycles. The van der Waals surface area contributed by atoms with Crippen LogP contribution < -0.4 is 11.1 Å². The molecule has 4 rings (SSSR count). The number of nitrogens with zero attached hydrogens (tertiary/aromatic N) is 1. The highest BCUT2D eigenvalue weighted by molar-refractivity contribution is 5.97. The lowest BCUT2D eigenvalue weighted by molar-refractivity contribution is 0.0932. The fraction of sp³-hybridized carbons (Fsp3) is 0.143. The van der Waals surface area contributed by atoms with Crippen LogP contribution in [0, 0.1) is 0 Å². The molecular weight excluding hydrogens is 324 g/mol. The molecule has 5 nitrogen and oxygen atoms in total. The van der Waals surface area contributed by atoms with Crippen molar-refractivity contribution >= 4 is 27.7 Å². The topological polar surface area (TPSA) is 83.8 Å². The maximum atomic E-state index is 12.8. The summed E-state index contributed by atoms with van der Waals surface area (Å²) >= 11 is 0. The molecule has 3 aromatic carbocycles. The van der Waals surface area contributed by atoms with E-state index in [-0.39, 0.29) is 18.0 Å². The quantitative estimate of drug-likeness (QED) is 0.529. The summed E-state index contributed by atoms with van der Waals surface area (Å²) in [6.07, 6.45) is 1.62. The molecule has 0 spiro atoms. The van der Waals surface area contributed by atoms with Crippen LogP contribution in [-0.4, -0.2) is 21.9 Å². The van der Waals surface area contributed by atoms with Crippen LogP contribution in [0.15, 0.2) is 67.0 Å². The zero-order valence-corrected chi connectivity index (χ0v) is 14.4. The molecule has 0 fully saturated rings. The van der Waals surface area contributed by atoms with Crippen LogP contribution in [0.4, 0.5) is 0 Å². The smallest absolute Gasteiger partial charge is 0.251 e. The summed E-state index contributed by atoms with van der Waals surface area (Å²) in [7, 11) is 0. The number of carbonyl (C=O) groups is 1. The van der Waals surface area contributed by atoms with Gasteiger partial charge in [0, 0.05) is 11.6 Å². The Bertz CT molecular complexity index is 1080. The number of nitrogens with two attached hydrogens (primary N) is 1. The minimum Gasteiger partial charge on any atom is -0.345 e. The van der Waals surface area contributed by atoms with Gasteiger partial charge in [0.1, 0.15) is 0 Å². The van der Waals surface area contributed by atoms with Gasteiger partial charge < -0.3 is 16.0 Å². The molecule has 2 atom stereocenters. The second kappa shape index (κ2) is 6.61. The number of hydrogen-bond acceptors (Lipinski definition) is 3. The highest BCUT2D eigenvalue weighted by atomic mass is 16.1. The highest BCUT2D eigenvalue weighted by Crippen LogP contribution is 2.23. The van der Waals surface area contributed by atoms with Gasteiger partial charge in [0.25, 0.3) is 5.91 Å². The van der Waals surface area contributed by atoms with E-state index in [4.69, 9.17) is 5.73 Å². The van der Waals surface area contributed by atoms with Crippen LogP contribution in [0.1, 0.15) is 28.9 Å². The summed E-state index contributed by atoms with van der Waals surface area (Å²) in [6.45, 7) is 1.90.